The third kappa shape index (κ3) is 4.21. The molecule has 0 aromatic heterocycles. The van der Waals surface area contributed by atoms with Crippen LogP contribution in [0.3, 0.4) is 0 Å². The molecule has 0 spiro atoms. The number of hydrogen-bond donors (Lipinski definition) is 1. The fourth-order valence-corrected chi connectivity index (χ4v) is 3.03. The second-order valence-electron chi connectivity index (χ2n) is 5.85. The zero-order chi connectivity index (χ0) is 15.9. The molecular weight excluding hydrogens is 280 g/mol. The lowest BCUT2D eigenvalue weighted by atomic mass is 9.89. The first-order valence-corrected chi connectivity index (χ1v) is 7.81. The van der Waals surface area contributed by atoms with Crippen LogP contribution in [0.1, 0.15) is 18.4 Å². The molecule has 0 saturated carbocycles. The molecule has 1 fully saturated rings. The van der Waals surface area contributed by atoms with Gasteiger partial charge in [0.15, 0.2) is 0 Å². The minimum Gasteiger partial charge on any atom is -0.496 e. The van der Waals surface area contributed by atoms with Crippen molar-refractivity contribution in [3.05, 3.63) is 29.8 Å². The number of nitrogens with two attached hydrogens (primary N) is 1. The van der Waals surface area contributed by atoms with Crippen molar-refractivity contribution in [2.24, 2.45) is 11.7 Å². The summed E-state index contributed by atoms with van der Waals surface area (Å²) in [6, 6.07) is 7.60. The van der Waals surface area contributed by atoms with Gasteiger partial charge in [-0.25, -0.2) is 0 Å². The van der Waals surface area contributed by atoms with Crippen LogP contribution in [0, 0.1) is 5.92 Å². The molecule has 5 heteroatoms. The molecule has 1 saturated heterocycles. The summed E-state index contributed by atoms with van der Waals surface area (Å²) in [7, 11) is 3.27. The first-order valence-electron chi connectivity index (χ1n) is 7.81. The molecule has 122 valence electrons. The van der Waals surface area contributed by atoms with Gasteiger partial charge in [0, 0.05) is 20.2 Å². The van der Waals surface area contributed by atoms with Gasteiger partial charge in [0.2, 0.25) is 5.91 Å². The SMILES string of the molecule is COCC(N)C(=O)N1CCC(Cc2ccccc2OC)CC1. The molecule has 1 aliphatic rings. The van der Waals surface area contributed by atoms with E-state index < -0.39 is 6.04 Å². The predicted molar refractivity (Wildman–Crippen MR) is 85.9 cm³/mol. The average Bonchev–Trinajstić information content (AvgIpc) is 2.55. The molecule has 1 amide bonds. The van der Waals surface area contributed by atoms with Gasteiger partial charge in [-0.15, -0.1) is 0 Å². The summed E-state index contributed by atoms with van der Waals surface area (Å²) in [5.41, 5.74) is 7.06. The highest BCUT2D eigenvalue weighted by molar-refractivity contribution is 5.81. The van der Waals surface area contributed by atoms with Gasteiger partial charge in [-0.3, -0.25) is 4.79 Å². The summed E-state index contributed by atoms with van der Waals surface area (Å²) < 4.78 is 10.4. The maximum atomic E-state index is 12.2. The highest BCUT2D eigenvalue weighted by Crippen LogP contribution is 2.26. The minimum absolute atomic E-state index is 0.00223. The van der Waals surface area contributed by atoms with E-state index in [4.69, 9.17) is 15.2 Å². The lowest BCUT2D eigenvalue weighted by Crippen LogP contribution is -2.49. The van der Waals surface area contributed by atoms with Crippen LogP contribution in [0.4, 0.5) is 0 Å². The molecule has 1 aromatic carbocycles. The molecule has 5 nitrogen and oxygen atoms in total. The maximum absolute atomic E-state index is 12.2. The van der Waals surface area contributed by atoms with Crippen LogP contribution in [-0.2, 0) is 16.0 Å². The predicted octanol–water partition coefficient (Wildman–Crippen LogP) is 1.45. The fourth-order valence-electron chi connectivity index (χ4n) is 3.03. The largest absolute Gasteiger partial charge is 0.496 e. The van der Waals surface area contributed by atoms with Crippen LogP contribution in [0.2, 0.25) is 0 Å². The van der Waals surface area contributed by atoms with E-state index in [1.54, 1.807) is 14.2 Å². The van der Waals surface area contributed by atoms with Crippen LogP contribution in [-0.4, -0.2) is 50.8 Å². The number of hydrogen-bond acceptors (Lipinski definition) is 4. The smallest absolute Gasteiger partial charge is 0.241 e. The van der Waals surface area contributed by atoms with Crippen molar-refractivity contribution >= 4 is 5.91 Å². The molecule has 1 heterocycles. The van der Waals surface area contributed by atoms with Crippen molar-refractivity contribution in [3.63, 3.8) is 0 Å². The summed E-state index contributed by atoms with van der Waals surface area (Å²) in [6.07, 6.45) is 3.00. The van der Waals surface area contributed by atoms with Crippen molar-refractivity contribution in [3.8, 4) is 5.75 Å². The Labute approximate surface area is 132 Å². The van der Waals surface area contributed by atoms with Crippen molar-refractivity contribution in [2.75, 3.05) is 33.9 Å². The number of para-hydroxylation sites is 1. The lowest BCUT2D eigenvalue weighted by molar-refractivity contribution is -0.135. The molecule has 1 aromatic rings. The molecule has 0 aliphatic carbocycles. The van der Waals surface area contributed by atoms with Gasteiger partial charge < -0.3 is 20.1 Å². The molecule has 0 radical (unpaired) electrons. The van der Waals surface area contributed by atoms with Crippen LogP contribution in [0.25, 0.3) is 0 Å². The second kappa shape index (κ2) is 8.15. The van der Waals surface area contributed by atoms with E-state index in [2.05, 4.69) is 6.07 Å². The summed E-state index contributed by atoms with van der Waals surface area (Å²) >= 11 is 0. The number of ether oxygens (including phenoxy) is 2. The summed E-state index contributed by atoms with van der Waals surface area (Å²) in [6.45, 7) is 1.83. The topological polar surface area (TPSA) is 64.8 Å². The van der Waals surface area contributed by atoms with Gasteiger partial charge in [-0.05, 0) is 36.8 Å². The van der Waals surface area contributed by atoms with Crippen LogP contribution < -0.4 is 10.5 Å². The lowest BCUT2D eigenvalue weighted by Gasteiger charge is -2.33. The quantitative estimate of drug-likeness (QED) is 0.864. The maximum Gasteiger partial charge on any atom is 0.241 e. The molecule has 2 rings (SSSR count). The van der Waals surface area contributed by atoms with E-state index in [-0.39, 0.29) is 12.5 Å². The van der Waals surface area contributed by atoms with Crippen molar-refractivity contribution in [1.29, 1.82) is 0 Å². The van der Waals surface area contributed by atoms with E-state index in [1.165, 1.54) is 5.56 Å². The van der Waals surface area contributed by atoms with Gasteiger partial charge in [0.1, 0.15) is 11.8 Å². The zero-order valence-corrected chi connectivity index (χ0v) is 13.5. The number of piperidine rings is 1. The van der Waals surface area contributed by atoms with Crippen LogP contribution in [0.5, 0.6) is 5.75 Å². The highest BCUT2D eigenvalue weighted by atomic mass is 16.5. The number of benzene rings is 1. The standard InChI is InChI=1S/C17H26N2O3/c1-21-12-15(18)17(20)19-9-7-13(8-10-19)11-14-5-3-4-6-16(14)22-2/h3-6,13,15H,7-12,18H2,1-2H3. The van der Waals surface area contributed by atoms with Gasteiger partial charge in [0.25, 0.3) is 0 Å². The fraction of sp³-hybridized carbons (Fsp3) is 0.588. The second-order valence-corrected chi connectivity index (χ2v) is 5.85. The Hall–Kier alpha value is -1.59. The van der Waals surface area contributed by atoms with E-state index in [0.29, 0.717) is 5.92 Å². The summed E-state index contributed by atoms with van der Waals surface area (Å²) in [4.78, 5) is 14.0. The van der Waals surface area contributed by atoms with E-state index in [0.717, 1.165) is 38.1 Å². The Morgan fingerprint density at radius 1 is 1.32 bits per heavy atom. The number of likely N-dealkylation sites (tertiary alicyclic amines) is 1. The van der Waals surface area contributed by atoms with Gasteiger partial charge >= 0.3 is 0 Å². The Kier molecular flexibility index (Phi) is 6.21. The van der Waals surface area contributed by atoms with Crippen molar-refractivity contribution < 1.29 is 14.3 Å². The minimum atomic E-state index is -0.546. The number of carbonyl (C=O) groups excluding carboxylic acids is 1. The Morgan fingerprint density at radius 2 is 2.00 bits per heavy atom. The third-order valence-corrected chi connectivity index (χ3v) is 4.29. The zero-order valence-electron chi connectivity index (χ0n) is 13.5. The van der Waals surface area contributed by atoms with E-state index in [9.17, 15) is 4.79 Å². The molecule has 0 bridgehead atoms. The number of carbonyl (C=O) groups is 1. The molecular formula is C17H26N2O3. The first-order chi connectivity index (χ1) is 10.7. The van der Waals surface area contributed by atoms with Gasteiger partial charge in [-0.2, -0.15) is 0 Å². The van der Waals surface area contributed by atoms with E-state index >= 15 is 0 Å². The van der Waals surface area contributed by atoms with E-state index in [1.807, 2.05) is 23.1 Å². The van der Waals surface area contributed by atoms with Crippen molar-refractivity contribution in [1.82, 2.24) is 4.90 Å². The molecule has 1 unspecified atom stereocenters. The normalized spacial score (nSPS) is 17.3. The van der Waals surface area contributed by atoms with Crippen molar-refractivity contribution in [2.45, 2.75) is 25.3 Å². The Balaban J connectivity index is 1.86. The van der Waals surface area contributed by atoms with Crippen LogP contribution in [0.15, 0.2) is 24.3 Å². The molecule has 1 atom stereocenters. The number of nitrogens with zero attached hydrogens (tertiary/aromatic N) is 1. The number of rotatable bonds is 6. The number of methoxy groups -OCH3 is 2. The van der Waals surface area contributed by atoms with Crippen LogP contribution >= 0.6 is 0 Å². The average molecular weight is 306 g/mol. The summed E-state index contributed by atoms with van der Waals surface area (Å²) in [5, 5.41) is 0. The molecule has 2 N–H and O–H groups in total. The summed E-state index contributed by atoms with van der Waals surface area (Å²) in [5.74, 6) is 1.53. The number of amides is 1. The third-order valence-electron chi connectivity index (χ3n) is 4.29. The monoisotopic (exact) mass is 306 g/mol. The van der Waals surface area contributed by atoms with Gasteiger partial charge in [0.05, 0.1) is 13.7 Å². The molecule has 22 heavy (non-hydrogen) atoms. The molecule has 1 aliphatic heterocycles. The first kappa shape index (κ1) is 16.8. The van der Waals surface area contributed by atoms with Gasteiger partial charge in [-0.1, -0.05) is 18.2 Å². The highest BCUT2D eigenvalue weighted by Gasteiger charge is 2.26. The Morgan fingerprint density at radius 3 is 2.64 bits per heavy atom. The Bertz CT molecular complexity index is 485.